The summed E-state index contributed by atoms with van der Waals surface area (Å²) >= 11 is 7.18. The van der Waals surface area contributed by atoms with Gasteiger partial charge in [-0.3, -0.25) is 4.98 Å². The van der Waals surface area contributed by atoms with Crippen molar-refractivity contribution in [3.63, 3.8) is 0 Å². The molecule has 0 fully saturated rings. The summed E-state index contributed by atoms with van der Waals surface area (Å²) < 4.78 is 18.9. The first kappa shape index (κ1) is 11.4. The first-order valence-electron chi connectivity index (χ1n) is 4.65. The molecule has 2 rings (SSSR count). The van der Waals surface area contributed by atoms with Crippen LogP contribution in [0.3, 0.4) is 0 Å². The first-order chi connectivity index (χ1) is 7.81. The SMILES string of the molecule is Fc1cccc(CCl)c1OCc1cncs1. The van der Waals surface area contributed by atoms with Crippen LogP contribution in [-0.2, 0) is 12.5 Å². The third-order valence-corrected chi connectivity index (χ3v) is 3.08. The van der Waals surface area contributed by atoms with Crippen LogP contribution in [0.5, 0.6) is 5.75 Å². The average Bonchev–Trinajstić information content (AvgIpc) is 2.80. The molecule has 2 nitrogen and oxygen atoms in total. The van der Waals surface area contributed by atoms with E-state index in [0.717, 1.165) is 4.88 Å². The molecule has 84 valence electrons. The Labute approximate surface area is 102 Å². The Morgan fingerprint density at radius 2 is 2.31 bits per heavy atom. The lowest BCUT2D eigenvalue weighted by Gasteiger charge is -2.09. The van der Waals surface area contributed by atoms with Crippen molar-refractivity contribution in [2.75, 3.05) is 0 Å². The molecule has 0 aliphatic carbocycles. The second-order valence-electron chi connectivity index (χ2n) is 3.12. The predicted molar refractivity (Wildman–Crippen MR) is 62.4 cm³/mol. The molecule has 0 bridgehead atoms. The minimum Gasteiger partial charge on any atom is -0.485 e. The third-order valence-electron chi connectivity index (χ3n) is 2.03. The summed E-state index contributed by atoms with van der Waals surface area (Å²) in [7, 11) is 0. The third kappa shape index (κ3) is 2.51. The zero-order valence-corrected chi connectivity index (χ0v) is 9.89. The van der Waals surface area contributed by atoms with Crippen molar-refractivity contribution in [2.45, 2.75) is 12.5 Å². The lowest BCUT2D eigenvalue weighted by molar-refractivity contribution is 0.291. The molecule has 0 saturated carbocycles. The molecular weight excluding hydrogens is 249 g/mol. The number of benzene rings is 1. The Kier molecular flexibility index (Phi) is 3.74. The number of hydrogen-bond donors (Lipinski definition) is 0. The number of para-hydroxylation sites is 1. The van der Waals surface area contributed by atoms with Crippen LogP contribution in [0.25, 0.3) is 0 Å². The summed E-state index contributed by atoms with van der Waals surface area (Å²) in [6.45, 7) is 0.315. The van der Waals surface area contributed by atoms with Crippen LogP contribution < -0.4 is 4.74 Å². The van der Waals surface area contributed by atoms with Crippen LogP contribution in [0.4, 0.5) is 4.39 Å². The summed E-state index contributed by atoms with van der Waals surface area (Å²) in [6.07, 6.45) is 1.70. The monoisotopic (exact) mass is 257 g/mol. The van der Waals surface area contributed by atoms with Gasteiger partial charge in [0.2, 0.25) is 0 Å². The normalized spacial score (nSPS) is 10.4. The van der Waals surface area contributed by atoms with Gasteiger partial charge in [-0.15, -0.1) is 22.9 Å². The number of alkyl halides is 1. The molecule has 1 aromatic heterocycles. The molecule has 0 spiro atoms. The molecule has 1 heterocycles. The molecule has 2 aromatic rings. The van der Waals surface area contributed by atoms with E-state index in [2.05, 4.69) is 4.98 Å². The van der Waals surface area contributed by atoms with Gasteiger partial charge in [0.05, 0.1) is 16.3 Å². The zero-order chi connectivity index (χ0) is 11.4. The average molecular weight is 258 g/mol. The van der Waals surface area contributed by atoms with E-state index in [1.807, 2.05) is 0 Å². The van der Waals surface area contributed by atoms with Crippen LogP contribution in [-0.4, -0.2) is 4.98 Å². The Balaban J connectivity index is 2.14. The Morgan fingerprint density at radius 3 is 3.00 bits per heavy atom. The second kappa shape index (κ2) is 5.27. The Bertz CT molecular complexity index is 461. The molecule has 16 heavy (non-hydrogen) atoms. The molecule has 0 atom stereocenters. The van der Waals surface area contributed by atoms with Crippen molar-refractivity contribution >= 4 is 22.9 Å². The van der Waals surface area contributed by atoms with Gasteiger partial charge in [0.1, 0.15) is 6.61 Å². The van der Waals surface area contributed by atoms with Crippen LogP contribution >= 0.6 is 22.9 Å². The number of aromatic nitrogens is 1. The lowest BCUT2D eigenvalue weighted by Crippen LogP contribution is -1.98. The van der Waals surface area contributed by atoms with Gasteiger partial charge >= 0.3 is 0 Å². The highest BCUT2D eigenvalue weighted by molar-refractivity contribution is 7.09. The van der Waals surface area contributed by atoms with Crippen molar-refractivity contribution in [2.24, 2.45) is 0 Å². The van der Waals surface area contributed by atoms with Gasteiger partial charge in [0.15, 0.2) is 11.6 Å². The summed E-state index contributed by atoms with van der Waals surface area (Å²) in [5, 5.41) is 0. The largest absolute Gasteiger partial charge is 0.485 e. The fourth-order valence-corrected chi connectivity index (χ4v) is 1.99. The number of rotatable bonds is 4. The smallest absolute Gasteiger partial charge is 0.165 e. The molecule has 0 aliphatic rings. The summed E-state index contributed by atoms with van der Waals surface area (Å²) in [5.74, 6) is 0.0732. The van der Waals surface area contributed by atoms with Crippen molar-refractivity contribution in [3.05, 3.63) is 46.2 Å². The van der Waals surface area contributed by atoms with E-state index in [4.69, 9.17) is 16.3 Å². The maximum absolute atomic E-state index is 13.5. The Morgan fingerprint density at radius 1 is 1.44 bits per heavy atom. The van der Waals surface area contributed by atoms with Gasteiger partial charge in [-0.1, -0.05) is 12.1 Å². The topological polar surface area (TPSA) is 22.1 Å². The van der Waals surface area contributed by atoms with Gasteiger partial charge in [-0.05, 0) is 6.07 Å². The maximum atomic E-state index is 13.5. The van der Waals surface area contributed by atoms with Gasteiger partial charge in [0.25, 0.3) is 0 Å². The van der Waals surface area contributed by atoms with Crippen molar-refractivity contribution < 1.29 is 9.13 Å². The van der Waals surface area contributed by atoms with E-state index < -0.39 is 0 Å². The summed E-state index contributed by atoms with van der Waals surface area (Å²) in [5.41, 5.74) is 2.37. The zero-order valence-electron chi connectivity index (χ0n) is 8.32. The van der Waals surface area contributed by atoms with Gasteiger partial charge in [0, 0.05) is 11.8 Å². The molecule has 0 radical (unpaired) electrons. The van der Waals surface area contributed by atoms with Crippen LogP contribution in [0.2, 0.25) is 0 Å². The highest BCUT2D eigenvalue weighted by Crippen LogP contribution is 2.25. The molecule has 0 saturated heterocycles. The van der Waals surface area contributed by atoms with Crippen molar-refractivity contribution in [3.8, 4) is 5.75 Å². The fraction of sp³-hybridized carbons (Fsp3) is 0.182. The molecule has 0 N–H and O–H groups in total. The predicted octanol–water partition coefficient (Wildman–Crippen LogP) is 3.60. The molecule has 1 aromatic carbocycles. The van der Waals surface area contributed by atoms with E-state index >= 15 is 0 Å². The van der Waals surface area contributed by atoms with Crippen LogP contribution in [0.1, 0.15) is 10.4 Å². The second-order valence-corrected chi connectivity index (χ2v) is 4.36. The van der Waals surface area contributed by atoms with Crippen LogP contribution in [0, 0.1) is 5.82 Å². The van der Waals surface area contributed by atoms with Gasteiger partial charge in [-0.2, -0.15) is 0 Å². The van der Waals surface area contributed by atoms with Gasteiger partial charge in [-0.25, -0.2) is 4.39 Å². The highest BCUT2D eigenvalue weighted by Gasteiger charge is 2.09. The lowest BCUT2D eigenvalue weighted by atomic mass is 10.2. The number of thiazole rings is 1. The molecule has 0 aliphatic heterocycles. The summed E-state index contributed by atoms with van der Waals surface area (Å²) in [6, 6.07) is 4.72. The molecule has 0 unspecified atom stereocenters. The van der Waals surface area contributed by atoms with E-state index in [0.29, 0.717) is 12.2 Å². The van der Waals surface area contributed by atoms with Crippen molar-refractivity contribution in [1.29, 1.82) is 0 Å². The standard InChI is InChI=1S/C11H9ClFNOS/c12-4-8-2-1-3-10(13)11(8)15-6-9-5-14-7-16-9/h1-3,5,7H,4,6H2. The van der Waals surface area contributed by atoms with E-state index in [1.165, 1.54) is 17.4 Å². The minimum atomic E-state index is -0.386. The van der Waals surface area contributed by atoms with E-state index in [-0.39, 0.29) is 17.4 Å². The summed E-state index contributed by atoms with van der Waals surface area (Å²) in [4.78, 5) is 4.87. The van der Waals surface area contributed by atoms with Crippen LogP contribution in [0.15, 0.2) is 29.9 Å². The molecular formula is C11H9ClFNOS. The molecule has 5 heteroatoms. The molecule has 0 amide bonds. The number of hydrogen-bond acceptors (Lipinski definition) is 3. The highest BCUT2D eigenvalue weighted by atomic mass is 35.5. The number of halogens is 2. The minimum absolute atomic E-state index is 0.228. The fourth-order valence-electron chi connectivity index (χ4n) is 1.28. The van der Waals surface area contributed by atoms with E-state index in [1.54, 1.807) is 23.8 Å². The Hall–Kier alpha value is -1.13. The first-order valence-corrected chi connectivity index (χ1v) is 6.06. The maximum Gasteiger partial charge on any atom is 0.165 e. The number of nitrogens with zero attached hydrogens (tertiary/aromatic N) is 1. The van der Waals surface area contributed by atoms with Gasteiger partial charge < -0.3 is 4.74 Å². The quantitative estimate of drug-likeness (QED) is 0.781. The van der Waals surface area contributed by atoms with Crippen molar-refractivity contribution in [1.82, 2.24) is 4.98 Å². The number of ether oxygens (including phenoxy) is 1. The van der Waals surface area contributed by atoms with E-state index in [9.17, 15) is 4.39 Å².